The van der Waals surface area contributed by atoms with Crippen molar-refractivity contribution in [2.75, 3.05) is 13.1 Å². The van der Waals surface area contributed by atoms with Crippen LogP contribution in [0.2, 0.25) is 0 Å². The third-order valence-corrected chi connectivity index (χ3v) is 3.58. The van der Waals surface area contributed by atoms with Crippen LogP contribution in [0.3, 0.4) is 0 Å². The van der Waals surface area contributed by atoms with E-state index < -0.39 is 49.0 Å². The number of halogens is 5. The number of hydrogen-bond acceptors (Lipinski definition) is 4. The molecule has 28 heavy (non-hydrogen) atoms. The number of alkyl halides is 5. The molecule has 0 spiro atoms. The molecule has 0 aliphatic rings. The first-order valence-corrected chi connectivity index (χ1v) is 8.58. The fourth-order valence-electron chi connectivity index (χ4n) is 2.23. The number of amides is 1. The van der Waals surface area contributed by atoms with Crippen molar-refractivity contribution in [3.05, 3.63) is 35.9 Å². The van der Waals surface area contributed by atoms with Crippen LogP contribution in [0.5, 0.6) is 0 Å². The van der Waals surface area contributed by atoms with Crippen LogP contribution in [0.15, 0.2) is 30.3 Å². The molecule has 0 saturated carbocycles. The van der Waals surface area contributed by atoms with Gasteiger partial charge in [-0.15, -0.1) is 0 Å². The number of ether oxygens (including phenoxy) is 1. The molecule has 0 aliphatic carbocycles. The molecule has 1 aromatic carbocycles. The smallest absolute Gasteiger partial charge is 0.444 e. The highest BCUT2D eigenvalue weighted by Crippen LogP contribution is 2.34. The number of rotatable bonds is 8. The summed E-state index contributed by atoms with van der Waals surface area (Å²) >= 11 is 0. The number of carbonyl (C=O) groups is 1. The standard InChI is InChI=1S/C18H25F5N2O3/c1-16(2,3)28-15(27)25-13(9-12-7-5-4-6-8-12)14(26)10-24-11-17(19,20)18(21,22)23/h4-8,13-14,24,26H,9-11H2,1-3H3,(H,25,27)/t13-,14+/m0/s1. The molecule has 1 aromatic rings. The maximum atomic E-state index is 13.0. The lowest BCUT2D eigenvalue weighted by molar-refractivity contribution is -0.279. The van der Waals surface area contributed by atoms with Crippen LogP contribution in [0.25, 0.3) is 0 Å². The molecule has 0 bridgehead atoms. The highest BCUT2D eigenvalue weighted by atomic mass is 19.4. The lowest BCUT2D eigenvalue weighted by atomic mass is 10.0. The van der Waals surface area contributed by atoms with E-state index >= 15 is 0 Å². The summed E-state index contributed by atoms with van der Waals surface area (Å²) in [7, 11) is 0. The Morgan fingerprint density at radius 2 is 1.68 bits per heavy atom. The first-order valence-electron chi connectivity index (χ1n) is 8.58. The van der Waals surface area contributed by atoms with Crippen LogP contribution in [0.1, 0.15) is 26.3 Å². The molecule has 160 valence electrons. The molecule has 1 rings (SSSR count). The molecule has 0 radical (unpaired) electrons. The van der Waals surface area contributed by atoms with Crippen LogP contribution < -0.4 is 10.6 Å². The molecule has 2 atom stereocenters. The van der Waals surface area contributed by atoms with Gasteiger partial charge in [0.15, 0.2) is 0 Å². The maximum Gasteiger partial charge on any atom is 0.454 e. The Balaban J connectivity index is 2.75. The monoisotopic (exact) mass is 412 g/mol. The number of carbonyl (C=O) groups excluding carboxylic acids is 1. The van der Waals surface area contributed by atoms with E-state index in [9.17, 15) is 31.9 Å². The van der Waals surface area contributed by atoms with Crippen molar-refractivity contribution >= 4 is 6.09 Å². The lowest BCUT2D eigenvalue weighted by Gasteiger charge is -2.28. The topological polar surface area (TPSA) is 70.6 Å². The molecule has 0 aliphatic heterocycles. The van der Waals surface area contributed by atoms with E-state index in [1.807, 2.05) is 5.32 Å². The maximum absolute atomic E-state index is 13.0. The highest BCUT2D eigenvalue weighted by Gasteiger charge is 2.56. The fraction of sp³-hybridized carbons (Fsp3) is 0.611. The van der Waals surface area contributed by atoms with Crippen molar-refractivity contribution in [1.82, 2.24) is 10.6 Å². The summed E-state index contributed by atoms with van der Waals surface area (Å²) in [5.74, 6) is -4.93. The Morgan fingerprint density at radius 3 is 2.18 bits per heavy atom. The molecule has 0 saturated heterocycles. The van der Waals surface area contributed by atoms with Crippen LogP contribution in [0.4, 0.5) is 26.7 Å². The zero-order chi connectivity index (χ0) is 21.6. The second kappa shape index (κ2) is 9.51. The molecule has 0 unspecified atom stereocenters. The molecular weight excluding hydrogens is 387 g/mol. The van der Waals surface area contributed by atoms with Gasteiger partial charge >= 0.3 is 18.2 Å². The van der Waals surface area contributed by atoms with Gasteiger partial charge in [-0.3, -0.25) is 0 Å². The zero-order valence-corrected chi connectivity index (χ0v) is 15.8. The van der Waals surface area contributed by atoms with E-state index in [4.69, 9.17) is 4.74 Å². The molecule has 3 N–H and O–H groups in total. The second-order valence-electron chi connectivity index (χ2n) is 7.34. The first kappa shape index (κ1) is 24.1. The quantitative estimate of drug-likeness (QED) is 0.574. The van der Waals surface area contributed by atoms with E-state index in [2.05, 4.69) is 5.32 Å². The predicted octanol–water partition coefficient (Wildman–Crippen LogP) is 3.27. The van der Waals surface area contributed by atoms with Crippen molar-refractivity contribution < 1.29 is 36.6 Å². The van der Waals surface area contributed by atoms with E-state index in [0.29, 0.717) is 0 Å². The molecule has 10 heteroatoms. The van der Waals surface area contributed by atoms with Crippen LogP contribution in [-0.2, 0) is 11.2 Å². The minimum atomic E-state index is -5.69. The fourth-order valence-corrected chi connectivity index (χ4v) is 2.23. The number of alkyl carbamates (subject to hydrolysis) is 1. The molecule has 0 heterocycles. The van der Waals surface area contributed by atoms with Crippen molar-refractivity contribution in [1.29, 1.82) is 0 Å². The highest BCUT2D eigenvalue weighted by molar-refractivity contribution is 5.68. The van der Waals surface area contributed by atoms with Crippen molar-refractivity contribution in [2.24, 2.45) is 0 Å². The van der Waals surface area contributed by atoms with Gasteiger partial charge in [0.25, 0.3) is 0 Å². The van der Waals surface area contributed by atoms with Crippen molar-refractivity contribution in [3.8, 4) is 0 Å². The number of nitrogens with one attached hydrogen (secondary N) is 2. The Bertz CT molecular complexity index is 618. The largest absolute Gasteiger partial charge is 0.454 e. The summed E-state index contributed by atoms with van der Waals surface area (Å²) in [5.41, 5.74) is -0.0810. The molecule has 0 aromatic heterocycles. The van der Waals surface area contributed by atoms with Gasteiger partial charge in [-0.2, -0.15) is 22.0 Å². The van der Waals surface area contributed by atoms with Crippen LogP contribution >= 0.6 is 0 Å². The van der Waals surface area contributed by atoms with Gasteiger partial charge < -0.3 is 20.5 Å². The summed E-state index contributed by atoms with van der Waals surface area (Å²) in [6, 6.07) is 7.70. The Labute approximate surface area is 160 Å². The molecule has 5 nitrogen and oxygen atoms in total. The summed E-state index contributed by atoms with van der Waals surface area (Å²) in [6.45, 7) is 2.64. The number of aliphatic hydroxyl groups is 1. The van der Waals surface area contributed by atoms with Gasteiger partial charge in [0, 0.05) is 6.54 Å². The second-order valence-corrected chi connectivity index (χ2v) is 7.34. The van der Waals surface area contributed by atoms with Gasteiger partial charge in [0.2, 0.25) is 0 Å². The molecule has 0 fully saturated rings. The Hall–Kier alpha value is -1.94. The normalized spacial score (nSPS) is 15.0. The summed E-state index contributed by atoms with van der Waals surface area (Å²) < 4.78 is 67.7. The van der Waals surface area contributed by atoms with E-state index in [1.54, 1.807) is 51.1 Å². The number of hydrogen-bond donors (Lipinski definition) is 3. The third kappa shape index (κ3) is 8.39. The molecule has 1 amide bonds. The van der Waals surface area contributed by atoms with Gasteiger partial charge in [-0.1, -0.05) is 30.3 Å². The lowest BCUT2D eigenvalue weighted by Crippen LogP contribution is -2.52. The van der Waals surface area contributed by atoms with E-state index in [0.717, 1.165) is 5.56 Å². The van der Waals surface area contributed by atoms with Crippen molar-refractivity contribution in [3.63, 3.8) is 0 Å². The zero-order valence-electron chi connectivity index (χ0n) is 15.8. The number of aliphatic hydroxyl groups excluding tert-OH is 1. The van der Waals surface area contributed by atoms with Crippen molar-refractivity contribution in [2.45, 2.75) is 57.0 Å². The minimum Gasteiger partial charge on any atom is -0.444 e. The molecular formula is C18H25F5N2O3. The average Bonchev–Trinajstić information content (AvgIpc) is 2.52. The van der Waals surface area contributed by atoms with Crippen LogP contribution in [-0.4, -0.2) is 54.1 Å². The van der Waals surface area contributed by atoms with E-state index in [-0.39, 0.29) is 6.42 Å². The Kier molecular flexibility index (Phi) is 8.18. The summed E-state index contributed by atoms with van der Waals surface area (Å²) in [4.78, 5) is 12.0. The Morgan fingerprint density at radius 1 is 1.11 bits per heavy atom. The third-order valence-electron chi connectivity index (χ3n) is 3.58. The first-order chi connectivity index (χ1) is 12.7. The van der Waals surface area contributed by atoms with Gasteiger partial charge in [0.05, 0.1) is 18.7 Å². The summed E-state index contributed by atoms with van der Waals surface area (Å²) in [6.07, 6.45) is -7.84. The summed E-state index contributed by atoms with van der Waals surface area (Å²) in [5, 5.41) is 14.6. The van der Waals surface area contributed by atoms with Gasteiger partial charge in [-0.25, -0.2) is 4.79 Å². The minimum absolute atomic E-state index is 0.124. The van der Waals surface area contributed by atoms with Gasteiger partial charge in [0.1, 0.15) is 5.60 Å². The predicted molar refractivity (Wildman–Crippen MR) is 93.2 cm³/mol. The van der Waals surface area contributed by atoms with Gasteiger partial charge in [-0.05, 0) is 32.8 Å². The number of benzene rings is 1. The SMILES string of the molecule is CC(C)(C)OC(=O)N[C@@H](Cc1ccccc1)[C@H](O)CNCC(F)(F)C(F)(F)F. The van der Waals surface area contributed by atoms with E-state index in [1.165, 1.54) is 0 Å². The average molecular weight is 412 g/mol. The van der Waals surface area contributed by atoms with Crippen LogP contribution in [0, 0.1) is 0 Å².